The molecule has 102 valence electrons. The molecule has 0 bridgehead atoms. The summed E-state index contributed by atoms with van der Waals surface area (Å²) in [5, 5.41) is 3.29. The van der Waals surface area contributed by atoms with Crippen LogP contribution in [-0.4, -0.2) is 25.2 Å². The molecule has 0 radical (unpaired) electrons. The van der Waals surface area contributed by atoms with Crippen molar-refractivity contribution in [1.82, 2.24) is 5.32 Å². The lowest BCUT2D eigenvalue weighted by Crippen LogP contribution is -2.56. The van der Waals surface area contributed by atoms with Gasteiger partial charge in [-0.15, -0.1) is 0 Å². The number of nitrogens with one attached hydrogen (secondary N) is 1. The Morgan fingerprint density at radius 3 is 2.72 bits per heavy atom. The van der Waals surface area contributed by atoms with Gasteiger partial charge in [0.1, 0.15) is 0 Å². The Bertz CT molecular complexity index is 331. The van der Waals surface area contributed by atoms with Gasteiger partial charge in [-0.2, -0.15) is 0 Å². The summed E-state index contributed by atoms with van der Waals surface area (Å²) >= 11 is 0. The molecule has 3 rings (SSSR count). The number of hydrogen-bond acceptors (Lipinski definition) is 2. The van der Waals surface area contributed by atoms with Crippen molar-refractivity contribution in [1.29, 1.82) is 0 Å². The first-order valence-electron chi connectivity index (χ1n) is 7.49. The van der Waals surface area contributed by atoms with Crippen LogP contribution in [0.25, 0.3) is 0 Å². The molecule has 1 N–H and O–H groups in total. The zero-order valence-electron chi connectivity index (χ0n) is 11.5. The minimum atomic E-state index is 0.265. The number of carbonyl (C=O) groups excluding carboxylic acids is 1. The van der Waals surface area contributed by atoms with E-state index in [4.69, 9.17) is 4.74 Å². The Morgan fingerprint density at radius 2 is 2.11 bits per heavy atom. The zero-order valence-corrected chi connectivity index (χ0v) is 11.5. The Hall–Kier alpha value is -0.570. The molecule has 1 amide bonds. The second-order valence-electron chi connectivity index (χ2n) is 6.99. The fourth-order valence-corrected chi connectivity index (χ4v) is 3.38. The Kier molecular flexibility index (Phi) is 3.13. The van der Waals surface area contributed by atoms with Crippen molar-refractivity contribution >= 4 is 5.91 Å². The van der Waals surface area contributed by atoms with Gasteiger partial charge in [-0.3, -0.25) is 4.79 Å². The van der Waals surface area contributed by atoms with Gasteiger partial charge in [-0.25, -0.2) is 0 Å². The van der Waals surface area contributed by atoms with Crippen molar-refractivity contribution in [2.24, 2.45) is 10.8 Å². The van der Waals surface area contributed by atoms with Gasteiger partial charge in [0, 0.05) is 24.5 Å². The molecule has 0 aromatic heterocycles. The highest BCUT2D eigenvalue weighted by Gasteiger charge is 2.46. The molecule has 1 atom stereocenters. The maximum Gasteiger partial charge on any atom is 0.220 e. The summed E-state index contributed by atoms with van der Waals surface area (Å²) < 4.78 is 5.61. The fourth-order valence-electron chi connectivity index (χ4n) is 3.38. The van der Waals surface area contributed by atoms with Gasteiger partial charge < -0.3 is 10.1 Å². The molecule has 18 heavy (non-hydrogen) atoms. The monoisotopic (exact) mass is 251 g/mol. The van der Waals surface area contributed by atoms with Gasteiger partial charge >= 0.3 is 0 Å². The van der Waals surface area contributed by atoms with Crippen LogP contribution in [0.15, 0.2) is 0 Å². The first-order chi connectivity index (χ1) is 8.62. The van der Waals surface area contributed by atoms with E-state index in [0.29, 0.717) is 17.9 Å². The summed E-state index contributed by atoms with van der Waals surface area (Å²) in [5.74, 6) is 0.265. The Labute approximate surface area is 110 Å². The van der Waals surface area contributed by atoms with Crippen LogP contribution in [-0.2, 0) is 9.53 Å². The summed E-state index contributed by atoms with van der Waals surface area (Å²) in [5.41, 5.74) is 0.776. The molecule has 1 heterocycles. The van der Waals surface area contributed by atoms with Gasteiger partial charge in [-0.05, 0) is 43.9 Å². The Balaban J connectivity index is 1.49. The third kappa shape index (κ3) is 2.42. The van der Waals surface area contributed by atoms with E-state index in [1.54, 1.807) is 0 Å². The van der Waals surface area contributed by atoms with Crippen molar-refractivity contribution in [2.75, 3.05) is 13.2 Å². The molecule has 3 heteroatoms. The molecule has 3 fully saturated rings. The largest absolute Gasteiger partial charge is 0.381 e. The maximum absolute atomic E-state index is 12.1. The summed E-state index contributed by atoms with van der Waals surface area (Å²) in [6.07, 6.45) is 9.16. The second-order valence-corrected chi connectivity index (χ2v) is 6.99. The normalized spacial score (nSPS) is 31.7. The predicted molar refractivity (Wildman–Crippen MR) is 70.2 cm³/mol. The van der Waals surface area contributed by atoms with Crippen LogP contribution in [0, 0.1) is 10.8 Å². The fraction of sp³-hybridized carbons (Fsp3) is 0.933. The molecule has 0 aromatic carbocycles. The average Bonchev–Trinajstić information content (AvgIpc) is 3.04. The smallest absolute Gasteiger partial charge is 0.220 e. The highest BCUT2D eigenvalue weighted by molar-refractivity contribution is 5.76. The van der Waals surface area contributed by atoms with Crippen molar-refractivity contribution in [2.45, 2.75) is 64.3 Å². The van der Waals surface area contributed by atoms with Crippen molar-refractivity contribution in [3.63, 3.8) is 0 Å². The summed E-state index contributed by atoms with van der Waals surface area (Å²) in [7, 11) is 0. The van der Waals surface area contributed by atoms with Crippen LogP contribution in [0.4, 0.5) is 0 Å². The molecule has 1 unspecified atom stereocenters. The van der Waals surface area contributed by atoms with Crippen molar-refractivity contribution < 1.29 is 9.53 Å². The number of hydrogen-bond donors (Lipinski definition) is 1. The van der Waals surface area contributed by atoms with Crippen molar-refractivity contribution in [3.8, 4) is 0 Å². The van der Waals surface area contributed by atoms with Gasteiger partial charge in [0.05, 0.1) is 6.61 Å². The topological polar surface area (TPSA) is 38.3 Å². The molecule has 2 aliphatic carbocycles. The highest BCUT2D eigenvalue weighted by Crippen LogP contribution is 2.49. The van der Waals surface area contributed by atoms with Gasteiger partial charge in [-0.1, -0.05) is 13.3 Å². The molecule has 3 aliphatic rings. The molecule has 3 nitrogen and oxygen atoms in total. The third-order valence-corrected chi connectivity index (χ3v) is 5.42. The van der Waals surface area contributed by atoms with Crippen LogP contribution in [0.2, 0.25) is 0 Å². The summed E-state index contributed by atoms with van der Waals surface area (Å²) in [6.45, 7) is 3.96. The lowest BCUT2D eigenvalue weighted by molar-refractivity contribution is -0.128. The predicted octanol–water partition coefficient (Wildman–Crippen LogP) is 2.64. The third-order valence-electron chi connectivity index (χ3n) is 5.42. The summed E-state index contributed by atoms with van der Waals surface area (Å²) in [6, 6.07) is 0.375. The highest BCUT2D eigenvalue weighted by atomic mass is 16.5. The maximum atomic E-state index is 12.1. The molecule has 2 saturated carbocycles. The molecule has 1 saturated heterocycles. The van der Waals surface area contributed by atoms with E-state index >= 15 is 0 Å². The summed E-state index contributed by atoms with van der Waals surface area (Å²) in [4.78, 5) is 12.1. The first kappa shape index (κ1) is 12.5. The molecular weight excluding hydrogens is 226 g/mol. The van der Waals surface area contributed by atoms with Gasteiger partial charge in [0.15, 0.2) is 0 Å². The zero-order chi connectivity index (χ0) is 12.6. The lowest BCUT2D eigenvalue weighted by Gasteiger charge is -2.50. The second kappa shape index (κ2) is 4.52. The number of ether oxygens (including phenoxy) is 1. The minimum absolute atomic E-state index is 0.265. The minimum Gasteiger partial charge on any atom is -0.381 e. The standard InChI is InChI=1S/C15H25NO2/c1-14(8-9-14)7-3-13(17)16-12-4-10-18-11-15(12)5-2-6-15/h12H,2-11H2,1H3,(H,16,17). The molecule has 0 aromatic rings. The average molecular weight is 251 g/mol. The van der Waals surface area contributed by atoms with E-state index in [2.05, 4.69) is 12.2 Å². The van der Waals surface area contributed by atoms with E-state index in [0.717, 1.165) is 26.1 Å². The molecular formula is C15H25NO2. The van der Waals surface area contributed by atoms with Gasteiger partial charge in [0.25, 0.3) is 0 Å². The van der Waals surface area contributed by atoms with E-state index in [9.17, 15) is 4.79 Å². The Morgan fingerprint density at radius 1 is 1.33 bits per heavy atom. The lowest BCUT2D eigenvalue weighted by atomic mass is 9.63. The van der Waals surface area contributed by atoms with Crippen LogP contribution in [0.1, 0.15) is 58.3 Å². The van der Waals surface area contributed by atoms with Crippen LogP contribution in [0.5, 0.6) is 0 Å². The molecule has 1 aliphatic heterocycles. The van der Waals surface area contributed by atoms with Gasteiger partial charge in [0.2, 0.25) is 5.91 Å². The van der Waals surface area contributed by atoms with Crippen LogP contribution < -0.4 is 5.32 Å². The van der Waals surface area contributed by atoms with Crippen molar-refractivity contribution in [3.05, 3.63) is 0 Å². The first-order valence-corrected chi connectivity index (χ1v) is 7.49. The number of rotatable bonds is 4. The number of carbonyl (C=O) groups is 1. The van der Waals surface area contributed by atoms with E-state index < -0.39 is 0 Å². The van der Waals surface area contributed by atoms with Crippen LogP contribution in [0.3, 0.4) is 0 Å². The van der Waals surface area contributed by atoms with E-state index in [1.807, 2.05) is 0 Å². The van der Waals surface area contributed by atoms with E-state index in [1.165, 1.54) is 32.1 Å². The quantitative estimate of drug-likeness (QED) is 0.834. The van der Waals surface area contributed by atoms with Crippen LogP contribution >= 0.6 is 0 Å². The number of amides is 1. The van der Waals surface area contributed by atoms with E-state index in [-0.39, 0.29) is 11.3 Å². The SMILES string of the molecule is CC1(CCC(=O)NC2CCOCC23CCC3)CC1. The molecule has 1 spiro atoms.